The van der Waals surface area contributed by atoms with Crippen LogP contribution >= 0.6 is 0 Å². The fourth-order valence-corrected chi connectivity index (χ4v) is 2.42. The molecule has 0 spiro atoms. The molecule has 0 amide bonds. The Morgan fingerprint density at radius 1 is 1.31 bits per heavy atom. The molecular formula is C11H23NO. The lowest BCUT2D eigenvalue weighted by Crippen LogP contribution is -2.42. The van der Waals surface area contributed by atoms with Crippen molar-refractivity contribution >= 4 is 0 Å². The van der Waals surface area contributed by atoms with E-state index in [2.05, 4.69) is 6.92 Å². The zero-order valence-corrected chi connectivity index (χ0v) is 8.96. The molecule has 0 bridgehead atoms. The summed E-state index contributed by atoms with van der Waals surface area (Å²) >= 11 is 0. The summed E-state index contributed by atoms with van der Waals surface area (Å²) in [6.45, 7) is 2.15. The summed E-state index contributed by atoms with van der Waals surface area (Å²) in [6.07, 6.45) is 8.03. The van der Waals surface area contributed by atoms with Crippen molar-refractivity contribution in [1.29, 1.82) is 0 Å². The fraction of sp³-hybridized carbons (Fsp3) is 1.00. The molecule has 2 atom stereocenters. The summed E-state index contributed by atoms with van der Waals surface area (Å²) in [5, 5.41) is 0. The molecule has 2 unspecified atom stereocenters. The first-order chi connectivity index (χ1) is 6.29. The lowest BCUT2D eigenvalue weighted by atomic mass is 9.82. The van der Waals surface area contributed by atoms with Crippen LogP contribution in [0.4, 0.5) is 0 Å². The molecule has 1 rings (SSSR count). The van der Waals surface area contributed by atoms with E-state index >= 15 is 0 Å². The van der Waals surface area contributed by atoms with Gasteiger partial charge in [-0.1, -0.05) is 26.2 Å². The average molecular weight is 185 g/mol. The van der Waals surface area contributed by atoms with Crippen LogP contribution in [-0.2, 0) is 4.74 Å². The van der Waals surface area contributed by atoms with Crippen LogP contribution in [0.3, 0.4) is 0 Å². The van der Waals surface area contributed by atoms with E-state index in [0.29, 0.717) is 5.92 Å². The predicted molar refractivity (Wildman–Crippen MR) is 55.6 cm³/mol. The maximum absolute atomic E-state index is 6.19. The van der Waals surface area contributed by atoms with Gasteiger partial charge in [0, 0.05) is 13.2 Å². The van der Waals surface area contributed by atoms with Gasteiger partial charge in [0.05, 0.1) is 6.10 Å². The number of hydrogen-bond donors (Lipinski definition) is 1. The van der Waals surface area contributed by atoms with Crippen LogP contribution < -0.4 is 5.73 Å². The van der Waals surface area contributed by atoms with Crippen LogP contribution in [0.15, 0.2) is 0 Å². The second-order valence-corrected chi connectivity index (χ2v) is 4.16. The van der Waals surface area contributed by atoms with E-state index in [-0.39, 0.29) is 12.1 Å². The number of ether oxygens (including phenoxy) is 1. The van der Waals surface area contributed by atoms with Crippen molar-refractivity contribution < 1.29 is 4.74 Å². The van der Waals surface area contributed by atoms with Crippen LogP contribution in [0.25, 0.3) is 0 Å². The van der Waals surface area contributed by atoms with Gasteiger partial charge in [0.1, 0.15) is 0 Å². The molecule has 0 saturated heterocycles. The first kappa shape index (κ1) is 11.0. The van der Waals surface area contributed by atoms with Crippen LogP contribution in [0, 0.1) is 5.92 Å². The third kappa shape index (κ3) is 2.96. The molecule has 0 aromatic heterocycles. The van der Waals surface area contributed by atoms with Crippen LogP contribution in [-0.4, -0.2) is 19.3 Å². The molecule has 0 aromatic carbocycles. The number of rotatable bonds is 4. The molecule has 0 aromatic rings. The molecule has 1 aliphatic carbocycles. The molecule has 0 radical (unpaired) electrons. The quantitative estimate of drug-likeness (QED) is 0.729. The Balaban J connectivity index is 2.38. The van der Waals surface area contributed by atoms with Gasteiger partial charge in [-0.05, 0) is 25.2 Å². The summed E-state index contributed by atoms with van der Waals surface area (Å²) in [5.41, 5.74) is 6.19. The van der Waals surface area contributed by atoms with Crippen molar-refractivity contribution in [3.05, 3.63) is 0 Å². The molecular weight excluding hydrogens is 162 g/mol. The van der Waals surface area contributed by atoms with E-state index in [1.54, 1.807) is 7.11 Å². The standard InChI is InChI=1S/C11H23NO/c1-3-10(13-2)11(12)9-7-5-4-6-8-9/h9-11H,3-8,12H2,1-2H3. The van der Waals surface area contributed by atoms with Crippen molar-refractivity contribution in [2.75, 3.05) is 7.11 Å². The predicted octanol–water partition coefficient (Wildman–Crippen LogP) is 2.32. The molecule has 78 valence electrons. The number of methoxy groups -OCH3 is 1. The van der Waals surface area contributed by atoms with E-state index in [1.165, 1.54) is 32.1 Å². The molecule has 2 heteroatoms. The summed E-state index contributed by atoms with van der Waals surface area (Å²) in [4.78, 5) is 0. The second kappa shape index (κ2) is 5.61. The van der Waals surface area contributed by atoms with Crippen molar-refractivity contribution in [2.24, 2.45) is 11.7 Å². The summed E-state index contributed by atoms with van der Waals surface area (Å²) in [5.74, 6) is 0.707. The van der Waals surface area contributed by atoms with Gasteiger partial charge in [-0.3, -0.25) is 0 Å². The van der Waals surface area contributed by atoms with Crippen molar-refractivity contribution in [3.63, 3.8) is 0 Å². The third-order valence-corrected chi connectivity index (χ3v) is 3.33. The zero-order valence-electron chi connectivity index (χ0n) is 8.96. The summed E-state index contributed by atoms with van der Waals surface area (Å²) in [7, 11) is 1.77. The first-order valence-electron chi connectivity index (χ1n) is 5.58. The lowest BCUT2D eigenvalue weighted by Gasteiger charge is -2.32. The van der Waals surface area contributed by atoms with Crippen LogP contribution in [0.1, 0.15) is 45.4 Å². The van der Waals surface area contributed by atoms with Gasteiger partial charge < -0.3 is 10.5 Å². The molecule has 1 aliphatic rings. The number of nitrogens with two attached hydrogens (primary N) is 1. The normalized spacial score (nSPS) is 24.2. The average Bonchev–Trinajstić information content (AvgIpc) is 2.21. The Labute approximate surface area is 81.8 Å². The minimum Gasteiger partial charge on any atom is -0.380 e. The van der Waals surface area contributed by atoms with E-state index in [9.17, 15) is 0 Å². The summed E-state index contributed by atoms with van der Waals surface area (Å²) < 4.78 is 5.39. The van der Waals surface area contributed by atoms with Gasteiger partial charge in [-0.25, -0.2) is 0 Å². The molecule has 0 heterocycles. The van der Waals surface area contributed by atoms with Gasteiger partial charge in [-0.15, -0.1) is 0 Å². The highest BCUT2D eigenvalue weighted by Crippen LogP contribution is 2.27. The highest BCUT2D eigenvalue weighted by Gasteiger charge is 2.26. The smallest absolute Gasteiger partial charge is 0.0722 e. The zero-order chi connectivity index (χ0) is 9.68. The van der Waals surface area contributed by atoms with E-state index in [4.69, 9.17) is 10.5 Å². The lowest BCUT2D eigenvalue weighted by molar-refractivity contribution is 0.0515. The SMILES string of the molecule is CCC(OC)C(N)C1CCCCC1. The van der Waals surface area contributed by atoms with Crippen molar-refractivity contribution in [3.8, 4) is 0 Å². The molecule has 2 N–H and O–H groups in total. The van der Waals surface area contributed by atoms with Gasteiger partial charge in [0.15, 0.2) is 0 Å². The van der Waals surface area contributed by atoms with Crippen molar-refractivity contribution in [1.82, 2.24) is 0 Å². The molecule has 1 fully saturated rings. The molecule has 0 aliphatic heterocycles. The Kier molecular flexibility index (Phi) is 4.74. The van der Waals surface area contributed by atoms with Gasteiger partial charge >= 0.3 is 0 Å². The summed E-state index contributed by atoms with van der Waals surface area (Å²) in [6, 6.07) is 0.260. The Morgan fingerprint density at radius 3 is 2.38 bits per heavy atom. The van der Waals surface area contributed by atoms with Crippen molar-refractivity contribution in [2.45, 2.75) is 57.6 Å². The Morgan fingerprint density at radius 2 is 1.92 bits per heavy atom. The van der Waals surface area contributed by atoms with Gasteiger partial charge in [-0.2, -0.15) is 0 Å². The van der Waals surface area contributed by atoms with E-state index in [1.807, 2.05) is 0 Å². The van der Waals surface area contributed by atoms with Crippen LogP contribution in [0.2, 0.25) is 0 Å². The first-order valence-corrected chi connectivity index (χ1v) is 5.58. The maximum atomic E-state index is 6.19. The van der Waals surface area contributed by atoms with Gasteiger partial charge in [0.25, 0.3) is 0 Å². The minimum absolute atomic E-state index is 0.260. The highest BCUT2D eigenvalue weighted by atomic mass is 16.5. The fourth-order valence-electron chi connectivity index (χ4n) is 2.42. The Bertz CT molecular complexity index is 128. The minimum atomic E-state index is 0.260. The highest BCUT2D eigenvalue weighted by molar-refractivity contribution is 4.82. The number of hydrogen-bond acceptors (Lipinski definition) is 2. The molecule has 2 nitrogen and oxygen atoms in total. The largest absolute Gasteiger partial charge is 0.380 e. The van der Waals surface area contributed by atoms with E-state index < -0.39 is 0 Å². The topological polar surface area (TPSA) is 35.2 Å². The molecule has 13 heavy (non-hydrogen) atoms. The monoisotopic (exact) mass is 185 g/mol. The second-order valence-electron chi connectivity index (χ2n) is 4.16. The maximum Gasteiger partial charge on any atom is 0.0722 e. The Hall–Kier alpha value is -0.0800. The van der Waals surface area contributed by atoms with Gasteiger partial charge in [0.2, 0.25) is 0 Å². The van der Waals surface area contributed by atoms with Crippen LogP contribution in [0.5, 0.6) is 0 Å². The van der Waals surface area contributed by atoms with E-state index in [0.717, 1.165) is 6.42 Å². The third-order valence-electron chi connectivity index (χ3n) is 3.33. The molecule has 1 saturated carbocycles.